The molecule has 0 saturated heterocycles. The number of anilines is 2. The lowest BCUT2D eigenvalue weighted by atomic mass is 10.1. The minimum atomic E-state index is -0.362. The van der Waals surface area contributed by atoms with E-state index in [-0.39, 0.29) is 6.23 Å². The van der Waals surface area contributed by atoms with Crippen LogP contribution < -0.4 is 15.0 Å². The zero-order valence-electron chi connectivity index (χ0n) is 16.2. The second kappa shape index (κ2) is 8.06. The molecule has 4 rings (SSSR count). The number of nitrogens with zero attached hydrogens (tertiary/aromatic N) is 4. The van der Waals surface area contributed by atoms with Gasteiger partial charge in [-0.3, -0.25) is 0 Å². The molecule has 0 aliphatic carbocycles. The minimum Gasteiger partial charge on any atom is -0.466 e. The van der Waals surface area contributed by atoms with E-state index in [2.05, 4.69) is 63.5 Å². The van der Waals surface area contributed by atoms with Gasteiger partial charge < -0.3 is 15.0 Å². The maximum absolute atomic E-state index is 6.31. The highest BCUT2D eigenvalue weighted by atomic mass is 32.2. The van der Waals surface area contributed by atoms with Crippen LogP contribution in [-0.2, 0) is 0 Å². The number of aromatic nitrogens is 3. The van der Waals surface area contributed by atoms with Crippen LogP contribution in [0.3, 0.4) is 0 Å². The standard InChI is InChI=1S/C21H23N5OS/c1-4-26(5-2)15-12-10-14(11-13-15)20-22-19-18(24-25-21(23-19)28-3)16-8-6-7-9-17(16)27-20/h6-13,20H,4-5H2,1-3H3,(H,22,23,25)/t20-/m1/s1. The van der Waals surface area contributed by atoms with Gasteiger partial charge in [0.1, 0.15) is 11.4 Å². The van der Waals surface area contributed by atoms with Crippen LogP contribution in [0, 0.1) is 0 Å². The Bertz CT molecular complexity index is 959. The van der Waals surface area contributed by atoms with Crippen molar-refractivity contribution in [1.82, 2.24) is 15.2 Å². The number of fused-ring (bicyclic) bond motifs is 3. The molecule has 1 aliphatic rings. The summed E-state index contributed by atoms with van der Waals surface area (Å²) >= 11 is 1.47. The Morgan fingerprint density at radius 3 is 2.50 bits per heavy atom. The topological polar surface area (TPSA) is 63.2 Å². The molecule has 0 fully saturated rings. The van der Waals surface area contributed by atoms with Gasteiger partial charge in [-0.2, -0.15) is 0 Å². The van der Waals surface area contributed by atoms with Crippen molar-refractivity contribution >= 4 is 23.3 Å². The van der Waals surface area contributed by atoms with E-state index < -0.39 is 0 Å². The predicted octanol–water partition coefficient (Wildman–Crippen LogP) is 4.61. The van der Waals surface area contributed by atoms with Gasteiger partial charge in [0.05, 0.1) is 0 Å². The fraction of sp³-hybridized carbons (Fsp3) is 0.286. The van der Waals surface area contributed by atoms with Crippen LogP contribution in [0.1, 0.15) is 25.6 Å². The highest BCUT2D eigenvalue weighted by Gasteiger charge is 2.25. The lowest BCUT2D eigenvalue weighted by Crippen LogP contribution is -2.22. The number of thioether (sulfide) groups is 1. The van der Waals surface area contributed by atoms with Gasteiger partial charge in [-0.1, -0.05) is 36.0 Å². The molecule has 144 valence electrons. The van der Waals surface area contributed by atoms with Crippen molar-refractivity contribution in [3.05, 3.63) is 54.1 Å². The molecule has 0 saturated carbocycles. The molecule has 7 heteroatoms. The smallest absolute Gasteiger partial charge is 0.210 e. The predicted molar refractivity (Wildman–Crippen MR) is 114 cm³/mol. The average Bonchev–Trinajstić information content (AvgIpc) is 2.91. The Morgan fingerprint density at radius 1 is 1.04 bits per heavy atom. The van der Waals surface area contributed by atoms with Gasteiger partial charge in [-0.05, 0) is 44.4 Å². The van der Waals surface area contributed by atoms with Gasteiger partial charge in [0, 0.05) is 29.9 Å². The van der Waals surface area contributed by atoms with E-state index in [1.54, 1.807) is 0 Å². The summed E-state index contributed by atoms with van der Waals surface area (Å²) < 4.78 is 6.31. The van der Waals surface area contributed by atoms with E-state index in [1.807, 2.05) is 30.5 Å². The summed E-state index contributed by atoms with van der Waals surface area (Å²) in [4.78, 5) is 6.95. The highest BCUT2D eigenvalue weighted by Crippen LogP contribution is 2.39. The average molecular weight is 394 g/mol. The third-order valence-electron chi connectivity index (χ3n) is 4.83. The van der Waals surface area contributed by atoms with Gasteiger partial charge >= 0.3 is 0 Å². The fourth-order valence-electron chi connectivity index (χ4n) is 3.33. The SMILES string of the molecule is CCN(CC)c1ccc([C@@H]2Nc3nc(SC)nnc3-c3ccccc3O2)cc1. The summed E-state index contributed by atoms with van der Waals surface area (Å²) in [5.41, 5.74) is 3.83. The van der Waals surface area contributed by atoms with Crippen molar-refractivity contribution in [1.29, 1.82) is 0 Å². The third-order valence-corrected chi connectivity index (χ3v) is 5.37. The van der Waals surface area contributed by atoms with E-state index >= 15 is 0 Å². The highest BCUT2D eigenvalue weighted by molar-refractivity contribution is 7.98. The first kappa shape index (κ1) is 18.6. The monoisotopic (exact) mass is 393 g/mol. The second-order valence-corrected chi connectivity index (χ2v) is 7.17. The Kier molecular flexibility index (Phi) is 5.34. The molecule has 6 nitrogen and oxygen atoms in total. The molecule has 0 bridgehead atoms. The largest absolute Gasteiger partial charge is 0.466 e. The molecule has 0 spiro atoms. The normalized spacial score (nSPS) is 14.9. The van der Waals surface area contributed by atoms with Crippen LogP contribution in [0.25, 0.3) is 11.3 Å². The van der Waals surface area contributed by atoms with E-state index in [0.717, 1.165) is 30.0 Å². The minimum absolute atomic E-state index is 0.362. The van der Waals surface area contributed by atoms with Gasteiger partial charge in [0.15, 0.2) is 12.0 Å². The Morgan fingerprint density at radius 2 is 1.79 bits per heavy atom. The molecule has 1 aliphatic heterocycles. The number of ether oxygens (including phenoxy) is 1. The molecule has 1 N–H and O–H groups in total. The van der Waals surface area contributed by atoms with E-state index in [9.17, 15) is 0 Å². The molecule has 0 amide bonds. The van der Waals surface area contributed by atoms with Crippen molar-refractivity contribution in [3.8, 4) is 17.0 Å². The molecular weight excluding hydrogens is 370 g/mol. The first-order valence-electron chi connectivity index (χ1n) is 9.39. The van der Waals surface area contributed by atoms with Crippen LogP contribution in [0.2, 0.25) is 0 Å². The van der Waals surface area contributed by atoms with Crippen molar-refractivity contribution < 1.29 is 4.74 Å². The summed E-state index contributed by atoms with van der Waals surface area (Å²) in [6, 6.07) is 16.3. The first-order chi connectivity index (χ1) is 13.7. The number of hydrogen-bond donors (Lipinski definition) is 1. The maximum atomic E-state index is 6.31. The summed E-state index contributed by atoms with van der Waals surface area (Å²) in [7, 11) is 0. The summed E-state index contributed by atoms with van der Waals surface area (Å²) in [5, 5.41) is 12.6. The molecule has 0 unspecified atom stereocenters. The summed E-state index contributed by atoms with van der Waals surface area (Å²) in [5.74, 6) is 1.45. The number of rotatable bonds is 5. The molecule has 1 aromatic heterocycles. The van der Waals surface area contributed by atoms with E-state index in [1.165, 1.54) is 17.4 Å². The molecule has 0 radical (unpaired) electrons. The quantitative estimate of drug-likeness (QED) is 0.635. The molecule has 2 aromatic carbocycles. The zero-order chi connectivity index (χ0) is 19.5. The Labute approximate surface area is 169 Å². The van der Waals surface area contributed by atoms with Gasteiger partial charge in [-0.25, -0.2) is 4.98 Å². The molecule has 3 aromatic rings. The molecule has 2 heterocycles. The lowest BCUT2D eigenvalue weighted by Gasteiger charge is -2.23. The summed E-state index contributed by atoms with van der Waals surface area (Å²) in [6.07, 6.45) is 1.58. The van der Waals surface area contributed by atoms with Crippen LogP contribution in [-0.4, -0.2) is 34.5 Å². The first-order valence-corrected chi connectivity index (χ1v) is 10.6. The van der Waals surface area contributed by atoms with Crippen LogP contribution in [0.4, 0.5) is 11.5 Å². The molecule has 1 atom stereocenters. The number of nitrogens with one attached hydrogen (secondary N) is 1. The van der Waals surface area contributed by atoms with Crippen LogP contribution in [0.5, 0.6) is 5.75 Å². The fourth-order valence-corrected chi connectivity index (χ4v) is 3.63. The van der Waals surface area contributed by atoms with Crippen molar-refractivity contribution in [2.45, 2.75) is 25.2 Å². The second-order valence-electron chi connectivity index (χ2n) is 6.40. The number of para-hydroxylation sites is 1. The Balaban J connectivity index is 1.73. The van der Waals surface area contributed by atoms with Crippen LogP contribution >= 0.6 is 11.8 Å². The van der Waals surface area contributed by atoms with Crippen LogP contribution in [0.15, 0.2) is 53.7 Å². The zero-order valence-corrected chi connectivity index (χ0v) is 17.0. The Hall–Kier alpha value is -2.80. The number of benzene rings is 2. The van der Waals surface area contributed by atoms with Crippen molar-refractivity contribution in [2.75, 3.05) is 29.6 Å². The number of hydrogen-bond acceptors (Lipinski definition) is 7. The van der Waals surface area contributed by atoms with Gasteiger partial charge in [0.25, 0.3) is 0 Å². The molecular formula is C21H23N5OS. The summed E-state index contributed by atoms with van der Waals surface area (Å²) in [6.45, 7) is 6.29. The van der Waals surface area contributed by atoms with Crippen molar-refractivity contribution in [2.24, 2.45) is 0 Å². The van der Waals surface area contributed by atoms with Gasteiger partial charge in [-0.15, -0.1) is 10.2 Å². The molecule has 28 heavy (non-hydrogen) atoms. The third kappa shape index (κ3) is 3.49. The maximum Gasteiger partial charge on any atom is 0.210 e. The van der Waals surface area contributed by atoms with Crippen molar-refractivity contribution in [3.63, 3.8) is 0 Å². The lowest BCUT2D eigenvalue weighted by molar-refractivity contribution is 0.238. The van der Waals surface area contributed by atoms with E-state index in [4.69, 9.17) is 4.74 Å². The van der Waals surface area contributed by atoms with Gasteiger partial charge in [0.2, 0.25) is 5.16 Å². The van der Waals surface area contributed by atoms with E-state index in [0.29, 0.717) is 16.7 Å².